The number of amides is 1. The molecule has 3 rings (SSSR count). The summed E-state index contributed by atoms with van der Waals surface area (Å²) in [4.78, 5) is 14.7. The average molecular weight is 466 g/mol. The van der Waals surface area contributed by atoms with Crippen molar-refractivity contribution in [1.29, 1.82) is 0 Å². The van der Waals surface area contributed by atoms with E-state index in [2.05, 4.69) is 5.32 Å². The van der Waals surface area contributed by atoms with Crippen LogP contribution in [0, 0.1) is 5.82 Å². The number of halogens is 4. The number of nitrogens with one attached hydrogen (secondary N) is 1. The fourth-order valence-corrected chi connectivity index (χ4v) is 3.64. The Hall–Kier alpha value is -2.11. The molecule has 0 aliphatic rings. The van der Waals surface area contributed by atoms with Crippen LogP contribution in [0.1, 0.15) is 21.5 Å². The molecule has 3 nitrogen and oxygen atoms in total. The molecule has 1 amide bonds. The van der Waals surface area contributed by atoms with E-state index in [0.717, 1.165) is 11.1 Å². The molecular formula is C23H20Cl3FN2O. The third kappa shape index (κ3) is 6.44. The van der Waals surface area contributed by atoms with Crippen LogP contribution in [0.15, 0.2) is 84.9 Å². The van der Waals surface area contributed by atoms with Crippen molar-refractivity contribution >= 4 is 40.7 Å². The van der Waals surface area contributed by atoms with Crippen LogP contribution in [0.25, 0.3) is 0 Å². The van der Waals surface area contributed by atoms with E-state index in [0.29, 0.717) is 13.1 Å². The smallest absolute Gasteiger partial charge is 0.252 e. The van der Waals surface area contributed by atoms with Gasteiger partial charge in [0.05, 0.1) is 0 Å². The minimum atomic E-state index is -1.81. The number of carbonyl (C=O) groups is 1. The first-order valence-corrected chi connectivity index (χ1v) is 10.4. The highest BCUT2D eigenvalue weighted by Gasteiger charge is 2.38. The molecule has 0 heterocycles. The van der Waals surface area contributed by atoms with Crippen LogP contribution < -0.4 is 5.32 Å². The molecule has 0 unspecified atom stereocenters. The van der Waals surface area contributed by atoms with Crippen LogP contribution in [0.5, 0.6) is 0 Å². The summed E-state index contributed by atoms with van der Waals surface area (Å²) < 4.78 is 11.4. The van der Waals surface area contributed by atoms with Crippen LogP contribution in [0.3, 0.4) is 0 Å². The number of hydrogen-bond acceptors (Lipinski definition) is 2. The lowest BCUT2D eigenvalue weighted by Gasteiger charge is -2.36. The summed E-state index contributed by atoms with van der Waals surface area (Å²) in [6, 6.07) is 24.6. The highest BCUT2D eigenvalue weighted by molar-refractivity contribution is 6.68. The lowest BCUT2D eigenvalue weighted by atomic mass is 10.1. The number of rotatable bonds is 7. The van der Waals surface area contributed by atoms with Gasteiger partial charge >= 0.3 is 0 Å². The number of carbonyl (C=O) groups excluding carboxylic acids is 1. The van der Waals surface area contributed by atoms with E-state index in [1.54, 1.807) is 0 Å². The van der Waals surface area contributed by atoms with Crippen molar-refractivity contribution < 1.29 is 9.18 Å². The molecule has 3 aromatic carbocycles. The summed E-state index contributed by atoms with van der Waals surface area (Å²) >= 11 is 18.9. The Kier molecular flexibility index (Phi) is 7.73. The van der Waals surface area contributed by atoms with Gasteiger partial charge in [-0.25, -0.2) is 4.39 Å². The van der Waals surface area contributed by atoms with E-state index in [4.69, 9.17) is 34.8 Å². The average Bonchev–Trinajstić information content (AvgIpc) is 2.72. The quantitative estimate of drug-likeness (QED) is 0.345. The standard InChI is InChI=1S/C23H20Cl3FN2O/c24-23(25,26)22(28-21(30)19-11-13-20(27)14-12-19)29(15-17-7-3-1-4-8-17)16-18-9-5-2-6-10-18/h1-14,22H,15-16H2,(H,28,30)/t22-/m0/s1. The van der Waals surface area contributed by atoms with Gasteiger partial charge in [-0.3, -0.25) is 9.69 Å². The van der Waals surface area contributed by atoms with E-state index in [1.165, 1.54) is 24.3 Å². The molecule has 0 aliphatic carbocycles. The molecule has 0 fully saturated rings. The second kappa shape index (κ2) is 10.3. The molecule has 156 valence electrons. The predicted octanol–water partition coefficient (Wildman–Crippen LogP) is 5.95. The molecule has 1 atom stereocenters. The Bertz CT molecular complexity index is 906. The van der Waals surface area contributed by atoms with E-state index in [1.807, 2.05) is 65.6 Å². The van der Waals surface area contributed by atoms with Crippen LogP contribution in [-0.4, -0.2) is 20.8 Å². The van der Waals surface area contributed by atoms with Crippen LogP contribution >= 0.6 is 34.8 Å². The zero-order valence-corrected chi connectivity index (χ0v) is 18.2. The zero-order chi connectivity index (χ0) is 21.6. The fourth-order valence-electron chi connectivity index (χ4n) is 3.06. The van der Waals surface area contributed by atoms with Crippen molar-refractivity contribution in [1.82, 2.24) is 10.2 Å². The first-order chi connectivity index (χ1) is 14.3. The predicted molar refractivity (Wildman–Crippen MR) is 120 cm³/mol. The van der Waals surface area contributed by atoms with Crippen molar-refractivity contribution in [2.24, 2.45) is 0 Å². The van der Waals surface area contributed by atoms with E-state index < -0.39 is 21.7 Å². The molecule has 3 aromatic rings. The Labute approximate surface area is 190 Å². The largest absolute Gasteiger partial charge is 0.332 e. The maximum atomic E-state index is 13.2. The van der Waals surface area contributed by atoms with Gasteiger partial charge in [-0.05, 0) is 35.4 Å². The Morgan fingerprint density at radius 1 is 0.833 bits per heavy atom. The second-order valence-electron chi connectivity index (χ2n) is 6.80. The second-order valence-corrected chi connectivity index (χ2v) is 9.17. The van der Waals surface area contributed by atoms with Gasteiger partial charge in [0.15, 0.2) is 0 Å². The van der Waals surface area contributed by atoms with Gasteiger partial charge in [0, 0.05) is 18.7 Å². The van der Waals surface area contributed by atoms with Gasteiger partial charge in [0.25, 0.3) is 5.91 Å². The van der Waals surface area contributed by atoms with Gasteiger partial charge in [-0.1, -0.05) is 95.5 Å². The summed E-state index contributed by atoms with van der Waals surface area (Å²) in [5.74, 6) is -0.892. The third-order valence-electron chi connectivity index (χ3n) is 4.51. The summed E-state index contributed by atoms with van der Waals surface area (Å²) in [7, 11) is 0. The first-order valence-electron chi connectivity index (χ1n) is 9.28. The number of nitrogens with zero attached hydrogens (tertiary/aromatic N) is 1. The first kappa shape index (κ1) is 22.6. The van der Waals surface area contributed by atoms with Crippen LogP contribution in [0.4, 0.5) is 4.39 Å². The molecule has 30 heavy (non-hydrogen) atoms. The Morgan fingerprint density at radius 2 is 1.30 bits per heavy atom. The van der Waals surface area contributed by atoms with Crippen molar-refractivity contribution in [2.45, 2.75) is 23.0 Å². The highest BCUT2D eigenvalue weighted by Crippen LogP contribution is 2.34. The summed E-state index contributed by atoms with van der Waals surface area (Å²) in [6.07, 6.45) is -0.930. The van der Waals surface area contributed by atoms with E-state index >= 15 is 0 Å². The van der Waals surface area contributed by atoms with Gasteiger partial charge in [-0.2, -0.15) is 0 Å². The molecular weight excluding hydrogens is 446 g/mol. The normalized spacial score (nSPS) is 12.6. The highest BCUT2D eigenvalue weighted by atomic mass is 35.6. The molecule has 0 bridgehead atoms. The Balaban J connectivity index is 1.89. The molecule has 0 spiro atoms. The van der Waals surface area contributed by atoms with Crippen molar-refractivity contribution in [3.05, 3.63) is 107 Å². The third-order valence-corrected chi connectivity index (χ3v) is 5.13. The number of alkyl halides is 3. The SMILES string of the molecule is O=C(N[C@@H](N(Cc1ccccc1)Cc1ccccc1)C(Cl)(Cl)Cl)c1ccc(F)cc1. The van der Waals surface area contributed by atoms with Gasteiger partial charge in [-0.15, -0.1) is 0 Å². The maximum absolute atomic E-state index is 13.2. The molecule has 0 radical (unpaired) electrons. The lowest BCUT2D eigenvalue weighted by molar-refractivity contribution is 0.0826. The zero-order valence-electron chi connectivity index (χ0n) is 15.9. The van der Waals surface area contributed by atoms with Gasteiger partial charge in [0.1, 0.15) is 12.0 Å². The summed E-state index contributed by atoms with van der Waals surface area (Å²) in [5, 5.41) is 2.80. The van der Waals surface area contributed by atoms with Gasteiger partial charge in [0.2, 0.25) is 3.79 Å². The minimum Gasteiger partial charge on any atom is -0.332 e. The molecule has 1 N–H and O–H groups in total. The van der Waals surface area contributed by atoms with Crippen molar-refractivity contribution in [2.75, 3.05) is 0 Å². The van der Waals surface area contributed by atoms with E-state index in [-0.39, 0.29) is 5.56 Å². The summed E-state index contributed by atoms with van der Waals surface area (Å²) in [5.41, 5.74) is 2.28. The molecule has 0 saturated heterocycles. The monoisotopic (exact) mass is 464 g/mol. The summed E-state index contributed by atoms with van der Waals surface area (Å²) in [6.45, 7) is 0.885. The molecule has 0 saturated carbocycles. The van der Waals surface area contributed by atoms with Crippen molar-refractivity contribution in [3.8, 4) is 0 Å². The lowest BCUT2D eigenvalue weighted by Crippen LogP contribution is -2.54. The number of hydrogen-bond donors (Lipinski definition) is 1. The van der Waals surface area contributed by atoms with E-state index in [9.17, 15) is 9.18 Å². The van der Waals surface area contributed by atoms with Crippen molar-refractivity contribution in [3.63, 3.8) is 0 Å². The minimum absolute atomic E-state index is 0.273. The molecule has 7 heteroatoms. The Morgan fingerprint density at radius 3 is 1.73 bits per heavy atom. The number of benzene rings is 3. The van der Waals surface area contributed by atoms with Crippen LogP contribution in [-0.2, 0) is 13.1 Å². The molecule has 0 aliphatic heterocycles. The molecule has 0 aromatic heterocycles. The van der Waals surface area contributed by atoms with Gasteiger partial charge < -0.3 is 5.32 Å². The topological polar surface area (TPSA) is 32.3 Å². The van der Waals surface area contributed by atoms with Crippen LogP contribution in [0.2, 0.25) is 0 Å². The maximum Gasteiger partial charge on any atom is 0.252 e. The fraction of sp³-hybridized carbons (Fsp3) is 0.174.